The van der Waals surface area contributed by atoms with Gasteiger partial charge in [0, 0.05) is 18.5 Å². The van der Waals surface area contributed by atoms with Crippen LogP contribution in [0.25, 0.3) is 0 Å². The van der Waals surface area contributed by atoms with Crippen molar-refractivity contribution in [2.24, 2.45) is 0 Å². The largest absolute Gasteiger partial charge is 0.466 e. The summed E-state index contributed by atoms with van der Waals surface area (Å²) in [6.07, 6.45) is 1.09. The fourth-order valence-corrected chi connectivity index (χ4v) is 4.47. The van der Waals surface area contributed by atoms with Gasteiger partial charge in [-0.25, -0.2) is 4.98 Å². The number of nitrogens with zero attached hydrogens (tertiary/aromatic N) is 2. The van der Waals surface area contributed by atoms with E-state index in [1.54, 1.807) is 6.92 Å². The minimum Gasteiger partial charge on any atom is -0.466 e. The quantitative estimate of drug-likeness (QED) is 0.573. The fourth-order valence-electron chi connectivity index (χ4n) is 2.72. The number of thiazole rings is 1. The molecule has 25 heavy (non-hydrogen) atoms. The molecule has 1 aliphatic rings. The number of hydrogen-bond acceptors (Lipinski definition) is 6. The maximum absolute atomic E-state index is 12.5. The summed E-state index contributed by atoms with van der Waals surface area (Å²) in [6, 6.07) is 8.28. The zero-order chi connectivity index (χ0) is 17.6. The third-order valence-corrected chi connectivity index (χ3v) is 6.02. The molecule has 1 aliphatic heterocycles. The van der Waals surface area contributed by atoms with Crippen LogP contribution in [0.4, 0.5) is 0 Å². The summed E-state index contributed by atoms with van der Waals surface area (Å²) in [5.41, 5.74) is 3.27. The number of rotatable bonds is 6. The third-order valence-electron chi connectivity index (χ3n) is 3.96. The smallest absolute Gasteiger partial charge is 0.311 e. The van der Waals surface area contributed by atoms with Crippen LogP contribution in [0, 0.1) is 0 Å². The molecular formula is C18H20N2O3S2. The Bertz CT molecular complexity index is 760. The van der Waals surface area contributed by atoms with Gasteiger partial charge in [0.05, 0.1) is 24.5 Å². The van der Waals surface area contributed by atoms with Crippen molar-refractivity contribution in [2.75, 3.05) is 18.9 Å². The van der Waals surface area contributed by atoms with E-state index in [-0.39, 0.29) is 18.3 Å². The number of hydrogen-bond donors (Lipinski definition) is 0. The molecule has 0 fully saturated rings. The van der Waals surface area contributed by atoms with Crippen molar-refractivity contribution in [3.8, 4) is 0 Å². The van der Waals surface area contributed by atoms with E-state index in [1.807, 2.05) is 22.4 Å². The predicted octanol–water partition coefficient (Wildman–Crippen LogP) is 2.93. The highest BCUT2D eigenvalue weighted by molar-refractivity contribution is 8.01. The van der Waals surface area contributed by atoms with Crippen LogP contribution in [0.2, 0.25) is 0 Å². The molecule has 1 aromatic carbocycles. The predicted molar refractivity (Wildman–Crippen MR) is 98.7 cm³/mol. The number of fused-ring (bicyclic) bond motifs is 1. The lowest BCUT2D eigenvalue weighted by Crippen LogP contribution is -2.37. The van der Waals surface area contributed by atoms with Crippen molar-refractivity contribution < 1.29 is 14.3 Å². The number of benzene rings is 1. The van der Waals surface area contributed by atoms with E-state index in [9.17, 15) is 9.59 Å². The second-order valence-corrected chi connectivity index (χ2v) is 7.79. The van der Waals surface area contributed by atoms with Gasteiger partial charge in [-0.2, -0.15) is 0 Å². The molecule has 0 atom stereocenters. The Labute approximate surface area is 155 Å². The maximum atomic E-state index is 12.5. The molecule has 0 saturated carbocycles. The third kappa shape index (κ3) is 4.83. The van der Waals surface area contributed by atoms with E-state index in [0.717, 1.165) is 17.3 Å². The fraction of sp³-hybridized carbons (Fsp3) is 0.389. The van der Waals surface area contributed by atoms with E-state index in [1.165, 1.54) is 34.2 Å². The van der Waals surface area contributed by atoms with Gasteiger partial charge in [0.15, 0.2) is 4.34 Å². The van der Waals surface area contributed by atoms with Crippen molar-refractivity contribution in [3.63, 3.8) is 0 Å². The SMILES string of the molecule is CCOC(=O)Cc1csc(SCC(=O)N2CCc3ccccc3C2)n1. The Morgan fingerprint density at radius 3 is 2.92 bits per heavy atom. The minimum atomic E-state index is -0.271. The molecule has 5 nitrogen and oxygen atoms in total. The second kappa shape index (κ2) is 8.49. The lowest BCUT2D eigenvalue weighted by Gasteiger charge is -2.28. The van der Waals surface area contributed by atoms with Gasteiger partial charge in [-0.3, -0.25) is 9.59 Å². The topological polar surface area (TPSA) is 59.5 Å². The summed E-state index contributed by atoms with van der Waals surface area (Å²) in [7, 11) is 0. The van der Waals surface area contributed by atoms with Gasteiger partial charge in [0.1, 0.15) is 0 Å². The first kappa shape index (κ1) is 17.9. The lowest BCUT2D eigenvalue weighted by molar-refractivity contribution is -0.142. The normalized spacial score (nSPS) is 13.4. The molecule has 7 heteroatoms. The number of ether oxygens (including phenoxy) is 1. The highest BCUT2D eigenvalue weighted by atomic mass is 32.2. The van der Waals surface area contributed by atoms with Crippen LogP contribution in [0.15, 0.2) is 34.0 Å². The van der Waals surface area contributed by atoms with E-state index in [4.69, 9.17) is 4.74 Å². The first-order valence-corrected chi connectivity index (χ1v) is 10.1. The van der Waals surface area contributed by atoms with E-state index >= 15 is 0 Å². The second-order valence-electron chi connectivity index (χ2n) is 5.71. The van der Waals surface area contributed by atoms with Crippen LogP contribution in [0.1, 0.15) is 23.7 Å². The first-order valence-electron chi connectivity index (χ1n) is 8.23. The van der Waals surface area contributed by atoms with Crippen LogP contribution in [-0.4, -0.2) is 40.7 Å². The molecule has 2 aromatic rings. The number of amides is 1. The standard InChI is InChI=1S/C18H20N2O3S2/c1-2-23-17(22)9-15-11-24-18(19-15)25-12-16(21)20-8-7-13-5-3-4-6-14(13)10-20/h3-6,11H,2,7-10,12H2,1H3. The van der Waals surface area contributed by atoms with Gasteiger partial charge in [-0.05, 0) is 24.5 Å². The molecule has 1 amide bonds. The zero-order valence-electron chi connectivity index (χ0n) is 14.1. The summed E-state index contributed by atoms with van der Waals surface area (Å²) in [5, 5.41) is 1.85. The average molecular weight is 377 g/mol. The molecule has 3 rings (SSSR count). The molecule has 132 valence electrons. The Morgan fingerprint density at radius 1 is 1.32 bits per heavy atom. The molecule has 0 spiro atoms. The number of carbonyl (C=O) groups is 2. The number of aromatic nitrogens is 1. The van der Waals surface area contributed by atoms with E-state index < -0.39 is 0 Å². The van der Waals surface area contributed by atoms with Gasteiger partial charge in [-0.15, -0.1) is 11.3 Å². The summed E-state index contributed by atoms with van der Waals surface area (Å²) >= 11 is 2.89. The van der Waals surface area contributed by atoms with Crippen LogP contribution >= 0.6 is 23.1 Å². The minimum absolute atomic E-state index is 0.127. The number of esters is 1. The average Bonchev–Trinajstić information content (AvgIpc) is 3.06. The zero-order valence-corrected chi connectivity index (χ0v) is 15.7. The monoisotopic (exact) mass is 376 g/mol. The summed E-state index contributed by atoms with van der Waals surface area (Å²) in [4.78, 5) is 30.2. The summed E-state index contributed by atoms with van der Waals surface area (Å²) in [6.45, 7) is 3.60. The van der Waals surface area contributed by atoms with Crippen molar-refractivity contribution in [2.45, 2.75) is 30.6 Å². The van der Waals surface area contributed by atoms with E-state index in [2.05, 4.69) is 17.1 Å². The Hall–Kier alpha value is -1.86. The van der Waals surface area contributed by atoms with Gasteiger partial charge in [0.2, 0.25) is 5.91 Å². The van der Waals surface area contributed by atoms with Gasteiger partial charge >= 0.3 is 5.97 Å². The first-order chi connectivity index (χ1) is 12.2. The molecular weight excluding hydrogens is 356 g/mol. The van der Waals surface area contributed by atoms with Crippen molar-refractivity contribution in [1.82, 2.24) is 9.88 Å². The Balaban J connectivity index is 1.50. The highest BCUT2D eigenvalue weighted by Crippen LogP contribution is 2.25. The number of carbonyl (C=O) groups excluding carboxylic acids is 2. The lowest BCUT2D eigenvalue weighted by atomic mass is 10.00. The van der Waals surface area contributed by atoms with Crippen molar-refractivity contribution in [3.05, 3.63) is 46.5 Å². The molecule has 0 N–H and O–H groups in total. The van der Waals surface area contributed by atoms with E-state index in [0.29, 0.717) is 24.6 Å². The molecule has 2 heterocycles. The van der Waals surface area contributed by atoms with Crippen LogP contribution in [-0.2, 0) is 33.7 Å². The maximum Gasteiger partial charge on any atom is 0.311 e. The highest BCUT2D eigenvalue weighted by Gasteiger charge is 2.20. The van der Waals surface area contributed by atoms with Gasteiger partial charge < -0.3 is 9.64 Å². The van der Waals surface area contributed by atoms with Crippen LogP contribution in [0.3, 0.4) is 0 Å². The molecule has 0 aliphatic carbocycles. The summed E-state index contributed by atoms with van der Waals surface area (Å²) in [5.74, 6) is 0.225. The Kier molecular flexibility index (Phi) is 6.09. The molecule has 0 saturated heterocycles. The molecule has 0 unspecified atom stereocenters. The Morgan fingerprint density at radius 2 is 2.12 bits per heavy atom. The molecule has 0 bridgehead atoms. The summed E-state index contributed by atoms with van der Waals surface area (Å²) < 4.78 is 5.73. The van der Waals surface area contributed by atoms with Crippen LogP contribution in [0.5, 0.6) is 0 Å². The van der Waals surface area contributed by atoms with Gasteiger partial charge in [0.25, 0.3) is 0 Å². The molecule has 1 aromatic heterocycles. The number of thioether (sulfide) groups is 1. The van der Waals surface area contributed by atoms with Crippen molar-refractivity contribution in [1.29, 1.82) is 0 Å². The molecule has 0 radical (unpaired) electrons. The van der Waals surface area contributed by atoms with Gasteiger partial charge in [-0.1, -0.05) is 36.0 Å². The van der Waals surface area contributed by atoms with Crippen LogP contribution < -0.4 is 0 Å². The van der Waals surface area contributed by atoms with Crippen molar-refractivity contribution >= 4 is 35.0 Å².